The first-order valence-corrected chi connectivity index (χ1v) is 0.928. The molecule has 0 heterocycles. The molecule has 9 heavy (non-hydrogen) atoms. The van der Waals surface area contributed by atoms with Gasteiger partial charge in [0.05, 0.1) is 0 Å². The maximum atomic E-state index is 9.00. The van der Waals surface area contributed by atoms with E-state index in [9.17, 15) is 0 Å². The third kappa shape index (κ3) is 1140. The van der Waals surface area contributed by atoms with Crippen LogP contribution in [-0.4, -0.2) is 70.7 Å². The molecule has 0 aliphatic carbocycles. The number of carboxylic acids is 1. The zero-order valence-electron chi connectivity index (χ0n) is 4.36. The Balaban J connectivity index is -0.00000000450. The van der Waals surface area contributed by atoms with Crippen molar-refractivity contribution < 1.29 is 31.8 Å². The van der Waals surface area contributed by atoms with E-state index in [1.165, 1.54) is 0 Å². The summed E-state index contributed by atoms with van der Waals surface area (Å²) in [6.45, 7) is 1.08. The molecular formula is C2H14CaO6. The molecule has 9 N–H and O–H groups in total. The van der Waals surface area contributed by atoms with Crippen molar-refractivity contribution in [1.29, 1.82) is 0 Å². The molecule has 0 aromatic rings. The van der Waals surface area contributed by atoms with Crippen LogP contribution in [0.4, 0.5) is 0 Å². The van der Waals surface area contributed by atoms with Crippen molar-refractivity contribution in [1.82, 2.24) is 0 Å². The first-order chi connectivity index (χ1) is 1.73. The van der Waals surface area contributed by atoms with Crippen LogP contribution in [-0.2, 0) is 4.79 Å². The summed E-state index contributed by atoms with van der Waals surface area (Å²) in [6, 6.07) is 0. The van der Waals surface area contributed by atoms with Gasteiger partial charge in [0.25, 0.3) is 5.97 Å². The van der Waals surface area contributed by atoms with E-state index in [4.69, 9.17) is 9.90 Å². The molecule has 0 unspecified atom stereocenters. The van der Waals surface area contributed by atoms with E-state index in [0.29, 0.717) is 0 Å². The van der Waals surface area contributed by atoms with Gasteiger partial charge in [0.2, 0.25) is 0 Å². The molecule has 0 aromatic heterocycles. The molecule has 0 aliphatic heterocycles. The summed E-state index contributed by atoms with van der Waals surface area (Å²) in [5.41, 5.74) is 0. The Morgan fingerprint density at radius 2 is 1.11 bits per heavy atom. The van der Waals surface area contributed by atoms with Gasteiger partial charge >= 0.3 is 37.7 Å². The fourth-order valence-corrected chi connectivity index (χ4v) is 0. The molecule has 7 heteroatoms. The first-order valence-electron chi connectivity index (χ1n) is 0.928. The first kappa shape index (κ1) is 55.2. The molecule has 0 atom stereocenters. The molecule has 0 saturated carbocycles. The Morgan fingerprint density at radius 3 is 1.11 bits per heavy atom. The predicted octanol–water partition coefficient (Wildman–Crippen LogP) is -4.12. The quantitative estimate of drug-likeness (QED) is 0.369. The predicted molar refractivity (Wildman–Crippen MR) is 36.3 cm³/mol. The Kier molecular flexibility index (Phi) is 236. The van der Waals surface area contributed by atoms with Crippen LogP contribution in [0.2, 0.25) is 0 Å². The summed E-state index contributed by atoms with van der Waals surface area (Å²) in [4.78, 5) is 9.00. The van der Waals surface area contributed by atoms with Gasteiger partial charge in [-0.25, -0.2) is 0 Å². The van der Waals surface area contributed by atoms with Crippen LogP contribution in [0.1, 0.15) is 6.92 Å². The SMILES string of the molecule is CC(=O)O.O.O.O.O.[CaH2]. The zero-order valence-corrected chi connectivity index (χ0v) is 4.36. The van der Waals surface area contributed by atoms with Crippen molar-refractivity contribution in [2.24, 2.45) is 0 Å². The van der Waals surface area contributed by atoms with Gasteiger partial charge < -0.3 is 27.0 Å². The summed E-state index contributed by atoms with van der Waals surface area (Å²) in [6.07, 6.45) is 0. The van der Waals surface area contributed by atoms with Crippen LogP contribution >= 0.6 is 0 Å². The van der Waals surface area contributed by atoms with Gasteiger partial charge in [0.15, 0.2) is 0 Å². The minimum absolute atomic E-state index is 0. The van der Waals surface area contributed by atoms with E-state index in [0.717, 1.165) is 6.92 Å². The molecule has 0 aliphatic rings. The Morgan fingerprint density at radius 1 is 1.11 bits per heavy atom. The summed E-state index contributed by atoms with van der Waals surface area (Å²) in [7, 11) is 0. The molecule has 0 spiro atoms. The van der Waals surface area contributed by atoms with Crippen LogP contribution in [0.3, 0.4) is 0 Å². The second kappa shape index (κ2) is 38.5. The maximum absolute atomic E-state index is 9.00. The van der Waals surface area contributed by atoms with E-state index >= 15 is 0 Å². The normalized spacial score (nSPS) is 2.78. The Labute approximate surface area is 82.1 Å². The number of hydrogen-bond donors (Lipinski definition) is 1. The topological polar surface area (TPSA) is 163 Å². The summed E-state index contributed by atoms with van der Waals surface area (Å²) in [5.74, 6) is -0.833. The van der Waals surface area contributed by atoms with Crippen molar-refractivity contribution >= 4 is 43.7 Å². The molecule has 0 amide bonds. The molecule has 0 bridgehead atoms. The van der Waals surface area contributed by atoms with Gasteiger partial charge in [0.1, 0.15) is 0 Å². The number of aliphatic carboxylic acids is 1. The number of rotatable bonds is 0. The van der Waals surface area contributed by atoms with Crippen molar-refractivity contribution in [2.75, 3.05) is 0 Å². The van der Waals surface area contributed by atoms with E-state index in [2.05, 4.69) is 0 Å². The van der Waals surface area contributed by atoms with Crippen molar-refractivity contribution in [3.8, 4) is 0 Å². The molecular weight excluding hydrogens is 160 g/mol. The summed E-state index contributed by atoms with van der Waals surface area (Å²) < 4.78 is 0. The second-order valence-electron chi connectivity index (χ2n) is 0.519. The van der Waals surface area contributed by atoms with Crippen LogP contribution in [0.5, 0.6) is 0 Å². The number of hydrogen-bond acceptors (Lipinski definition) is 1. The summed E-state index contributed by atoms with van der Waals surface area (Å²) >= 11 is 0. The van der Waals surface area contributed by atoms with Crippen molar-refractivity contribution in [3.05, 3.63) is 0 Å². The van der Waals surface area contributed by atoms with Gasteiger partial charge in [-0.2, -0.15) is 0 Å². The number of carboxylic acid groups (broad SMARTS) is 1. The van der Waals surface area contributed by atoms with E-state index < -0.39 is 5.97 Å². The van der Waals surface area contributed by atoms with Crippen LogP contribution in [0.15, 0.2) is 0 Å². The third-order valence-electron chi connectivity index (χ3n) is 0. The standard InChI is InChI=1S/C2H4O2.Ca.4H2O.2H/c1-2(3)4;;;;;;;/h1H3,(H,3,4);;4*1H2;;. The third-order valence-corrected chi connectivity index (χ3v) is 0. The molecule has 0 aromatic carbocycles. The molecule has 60 valence electrons. The minimum atomic E-state index is -0.833. The molecule has 6 nitrogen and oxygen atoms in total. The Hall–Kier alpha value is 0.570. The Bertz CT molecular complexity index is 34.0. The zero-order chi connectivity index (χ0) is 3.58. The van der Waals surface area contributed by atoms with E-state index in [1.54, 1.807) is 0 Å². The molecule has 0 saturated heterocycles. The molecule has 0 fully saturated rings. The van der Waals surface area contributed by atoms with Gasteiger partial charge in [-0.3, -0.25) is 4.79 Å². The monoisotopic (exact) mass is 174 g/mol. The van der Waals surface area contributed by atoms with E-state index in [-0.39, 0.29) is 59.6 Å². The van der Waals surface area contributed by atoms with Gasteiger partial charge in [0, 0.05) is 6.92 Å². The molecule has 0 radical (unpaired) electrons. The fourth-order valence-electron chi connectivity index (χ4n) is 0. The van der Waals surface area contributed by atoms with Gasteiger partial charge in [-0.05, 0) is 0 Å². The van der Waals surface area contributed by atoms with E-state index in [1.807, 2.05) is 0 Å². The van der Waals surface area contributed by atoms with Gasteiger partial charge in [-0.1, -0.05) is 0 Å². The fraction of sp³-hybridized carbons (Fsp3) is 0.500. The number of carbonyl (C=O) groups is 1. The van der Waals surface area contributed by atoms with Crippen molar-refractivity contribution in [3.63, 3.8) is 0 Å². The van der Waals surface area contributed by atoms with Gasteiger partial charge in [-0.15, -0.1) is 0 Å². The average Bonchev–Trinajstić information content (AvgIpc) is 0.811. The summed E-state index contributed by atoms with van der Waals surface area (Å²) in [5, 5.41) is 7.42. The molecule has 0 rings (SSSR count). The van der Waals surface area contributed by atoms with Crippen LogP contribution < -0.4 is 0 Å². The van der Waals surface area contributed by atoms with Crippen LogP contribution in [0.25, 0.3) is 0 Å². The second-order valence-corrected chi connectivity index (χ2v) is 0.519. The average molecular weight is 174 g/mol. The van der Waals surface area contributed by atoms with Crippen molar-refractivity contribution in [2.45, 2.75) is 6.92 Å². The van der Waals surface area contributed by atoms with Crippen LogP contribution in [0, 0.1) is 0 Å².